The Morgan fingerprint density at radius 1 is 1.21 bits per heavy atom. The van der Waals surface area contributed by atoms with Crippen LogP contribution in [0.5, 0.6) is 0 Å². The quantitative estimate of drug-likeness (QED) is 0.575. The van der Waals surface area contributed by atoms with E-state index in [-0.39, 0.29) is 11.9 Å². The summed E-state index contributed by atoms with van der Waals surface area (Å²) in [4.78, 5) is 26.5. The van der Waals surface area contributed by atoms with Gasteiger partial charge in [0.2, 0.25) is 0 Å². The lowest BCUT2D eigenvalue weighted by Crippen LogP contribution is -2.25. The Bertz CT molecular complexity index is 393. The molecular formula is C14H20N2O3. The first-order chi connectivity index (χ1) is 9.24. The van der Waals surface area contributed by atoms with Gasteiger partial charge in [-0.1, -0.05) is 18.9 Å². The number of ether oxygens (including phenoxy) is 1. The first-order valence-electron chi connectivity index (χ1n) is 6.50. The van der Waals surface area contributed by atoms with Gasteiger partial charge in [0.1, 0.15) is 5.69 Å². The molecule has 0 fully saturated rings. The van der Waals surface area contributed by atoms with Gasteiger partial charge in [-0.2, -0.15) is 0 Å². The van der Waals surface area contributed by atoms with Crippen LogP contribution in [-0.4, -0.2) is 30.5 Å². The Balaban J connectivity index is 2.02. The van der Waals surface area contributed by atoms with Gasteiger partial charge in [0.25, 0.3) is 5.91 Å². The van der Waals surface area contributed by atoms with Crippen molar-refractivity contribution in [3.63, 3.8) is 0 Å². The minimum Gasteiger partial charge on any atom is -0.469 e. The highest BCUT2D eigenvalue weighted by Gasteiger charge is 2.04. The summed E-state index contributed by atoms with van der Waals surface area (Å²) in [6.07, 6.45) is 5.76. The lowest BCUT2D eigenvalue weighted by Gasteiger charge is -2.04. The maximum absolute atomic E-state index is 11.6. The predicted molar refractivity (Wildman–Crippen MR) is 71.7 cm³/mol. The summed E-state index contributed by atoms with van der Waals surface area (Å²) in [6, 6.07) is 5.25. The highest BCUT2D eigenvalue weighted by Crippen LogP contribution is 2.03. The van der Waals surface area contributed by atoms with Crippen molar-refractivity contribution in [2.24, 2.45) is 0 Å². The van der Waals surface area contributed by atoms with E-state index in [0.717, 1.165) is 25.7 Å². The maximum atomic E-state index is 11.6. The van der Waals surface area contributed by atoms with Crippen LogP contribution in [0.25, 0.3) is 0 Å². The van der Waals surface area contributed by atoms with E-state index in [1.807, 2.05) is 0 Å². The Morgan fingerprint density at radius 2 is 2.00 bits per heavy atom. The Morgan fingerprint density at radius 3 is 2.68 bits per heavy atom. The number of nitrogens with one attached hydrogen (secondary N) is 1. The SMILES string of the molecule is COC(=O)CCCCCCNC(=O)c1ccccn1. The monoisotopic (exact) mass is 264 g/mol. The first kappa shape index (κ1) is 15.1. The van der Waals surface area contributed by atoms with Gasteiger partial charge in [-0.25, -0.2) is 0 Å². The average Bonchev–Trinajstić information content (AvgIpc) is 2.46. The van der Waals surface area contributed by atoms with Gasteiger partial charge in [-0.3, -0.25) is 14.6 Å². The highest BCUT2D eigenvalue weighted by molar-refractivity contribution is 5.92. The summed E-state index contributed by atoms with van der Waals surface area (Å²) in [7, 11) is 1.40. The van der Waals surface area contributed by atoms with Crippen molar-refractivity contribution in [1.82, 2.24) is 10.3 Å². The van der Waals surface area contributed by atoms with Crippen LogP contribution in [0, 0.1) is 0 Å². The molecule has 5 heteroatoms. The molecule has 1 amide bonds. The second-order valence-electron chi connectivity index (χ2n) is 4.21. The smallest absolute Gasteiger partial charge is 0.305 e. The van der Waals surface area contributed by atoms with Crippen molar-refractivity contribution < 1.29 is 14.3 Å². The van der Waals surface area contributed by atoms with Crippen molar-refractivity contribution in [3.05, 3.63) is 30.1 Å². The molecule has 0 atom stereocenters. The highest BCUT2D eigenvalue weighted by atomic mass is 16.5. The lowest BCUT2D eigenvalue weighted by molar-refractivity contribution is -0.140. The molecule has 19 heavy (non-hydrogen) atoms. The number of pyridine rings is 1. The molecular weight excluding hydrogens is 244 g/mol. The Labute approximate surface area is 113 Å². The van der Waals surface area contributed by atoms with Crippen LogP contribution >= 0.6 is 0 Å². The van der Waals surface area contributed by atoms with Gasteiger partial charge in [-0.05, 0) is 25.0 Å². The number of hydrogen-bond donors (Lipinski definition) is 1. The van der Waals surface area contributed by atoms with E-state index in [0.29, 0.717) is 18.7 Å². The molecule has 1 aromatic heterocycles. The topological polar surface area (TPSA) is 68.3 Å². The molecule has 5 nitrogen and oxygen atoms in total. The number of methoxy groups -OCH3 is 1. The second-order valence-corrected chi connectivity index (χ2v) is 4.21. The van der Waals surface area contributed by atoms with E-state index in [1.165, 1.54) is 7.11 Å². The maximum Gasteiger partial charge on any atom is 0.305 e. The van der Waals surface area contributed by atoms with E-state index < -0.39 is 0 Å². The standard InChI is InChI=1S/C14H20N2O3/c1-19-13(17)9-4-2-3-6-11-16-14(18)12-8-5-7-10-15-12/h5,7-8,10H,2-4,6,9,11H2,1H3,(H,16,18). The normalized spacial score (nSPS) is 9.95. The van der Waals surface area contributed by atoms with E-state index >= 15 is 0 Å². The van der Waals surface area contributed by atoms with Crippen LogP contribution < -0.4 is 5.32 Å². The molecule has 1 rings (SSSR count). The molecule has 0 aliphatic rings. The predicted octanol–water partition coefficient (Wildman–Crippen LogP) is 1.93. The summed E-state index contributed by atoms with van der Waals surface area (Å²) in [5.41, 5.74) is 0.438. The molecule has 104 valence electrons. The number of unbranched alkanes of at least 4 members (excludes halogenated alkanes) is 3. The molecule has 0 spiro atoms. The van der Waals surface area contributed by atoms with Gasteiger partial charge in [0.15, 0.2) is 0 Å². The fourth-order valence-corrected chi connectivity index (χ4v) is 1.64. The van der Waals surface area contributed by atoms with Crippen LogP contribution in [0.4, 0.5) is 0 Å². The van der Waals surface area contributed by atoms with E-state index in [4.69, 9.17) is 0 Å². The molecule has 0 unspecified atom stereocenters. The molecule has 1 N–H and O–H groups in total. The largest absolute Gasteiger partial charge is 0.469 e. The van der Waals surface area contributed by atoms with E-state index in [2.05, 4.69) is 15.0 Å². The van der Waals surface area contributed by atoms with Gasteiger partial charge >= 0.3 is 5.97 Å². The summed E-state index contributed by atoms with van der Waals surface area (Å²) in [6.45, 7) is 0.633. The zero-order valence-corrected chi connectivity index (χ0v) is 11.2. The molecule has 0 radical (unpaired) electrons. The van der Waals surface area contributed by atoms with Crippen molar-refractivity contribution >= 4 is 11.9 Å². The van der Waals surface area contributed by atoms with Crippen molar-refractivity contribution in [3.8, 4) is 0 Å². The Hall–Kier alpha value is -1.91. The molecule has 0 bridgehead atoms. The lowest BCUT2D eigenvalue weighted by atomic mass is 10.1. The third kappa shape index (κ3) is 6.55. The first-order valence-corrected chi connectivity index (χ1v) is 6.50. The summed E-state index contributed by atoms with van der Waals surface area (Å²) in [5.74, 6) is -0.307. The second kappa shape index (κ2) is 9.08. The van der Waals surface area contributed by atoms with Crippen molar-refractivity contribution in [2.45, 2.75) is 32.1 Å². The van der Waals surface area contributed by atoms with Crippen LogP contribution in [0.15, 0.2) is 24.4 Å². The number of nitrogens with zero attached hydrogens (tertiary/aromatic N) is 1. The third-order valence-electron chi connectivity index (χ3n) is 2.72. The van der Waals surface area contributed by atoms with Gasteiger partial charge in [0, 0.05) is 19.2 Å². The van der Waals surface area contributed by atoms with Gasteiger partial charge in [-0.15, -0.1) is 0 Å². The molecule has 0 aromatic carbocycles. The number of amides is 1. The number of esters is 1. The fraction of sp³-hybridized carbons (Fsp3) is 0.500. The van der Waals surface area contributed by atoms with Crippen LogP contribution in [0.3, 0.4) is 0 Å². The number of carbonyl (C=O) groups is 2. The average molecular weight is 264 g/mol. The summed E-state index contributed by atoms with van der Waals surface area (Å²) < 4.78 is 4.56. The van der Waals surface area contributed by atoms with Gasteiger partial charge in [0.05, 0.1) is 7.11 Å². The van der Waals surface area contributed by atoms with Gasteiger partial charge < -0.3 is 10.1 Å². The van der Waals surface area contributed by atoms with E-state index in [9.17, 15) is 9.59 Å². The molecule has 0 aliphatic heterocycles. The fourth-order valence-electron chi connectivity index (χ4n) is 1.64. The number of carbonyl (C=O) groups excluding carboxylic acids is 2. The molecule has 1 aromatic rings. The molecule has 1 heterocycles. The number of hydrogen-bond acceptors (Lipinski definition) is 4. The molecule has 0 saturated heterocycles. The Kier molecular flexibility index (Phi) is 7.24. The summed E-state index contributed by atoms with van der Waals surface area (Å²) in [5, 5.41) is 2.82. The zero-order chi connectivity index (χ0) is 13.9. The zero-order valence-electron chi connectivity index (χ0n) is 11.2. The van der Waals surface area contributed by atoms with E-state index in [1.54, 1.807) is 24.4 Å². The minimum atomic E-state index is -0.163. The van der Waals surface area contributed by atoms with Crippen LogP contribution in [-0.2, 0) is 9.53 Å². The third-order valence-corrected chi connectivity index (χ3v) is 2.72. The number of rotatable bonds is 8. The van der Waals surface area contributed by atoms with Crippen molar-refractivity contribution in [1.29, 1.82) is 0 Å². The van der Waals surface area contributed by atoms with Crippen LogP contribution in [0.2, 0.25) is 0 Å². The summed E-state index contributed by atoms with van der Waals surface area (Å²) >= 11 is 0. The minimum absolute atomic E-state index is 0.143. The molecule has 0 aliphatic carbocycles. The van der Waals surface area contributed by atoms with Crippen LogP contribution in [0.1, 0.15) is 42.6 Å². The molecule has 0 saturated carbocycles. The number of aromatic nitrogens is 1. The van der Waals surface area contributed by atoms with Crippen molar-refractivity contribution in [2.75, 3.05) is 13.7 Å².